The fourth-order valence-electron chi connectivity index (χ4n) is 4.17. The number of anilines is 1. The third kappa shape index (κ3) is 5.15. The van der Waals surface area contributed by atoms with Gasteiger partial charge >= 0.3 is 0 Å². The molecule has 1 aliphatic rings. The van der Waals surface area contributed by atoms with E-state index in [9.17, 15) is 14.4 Å². The van der Waals surface area contributed by atoms with Gasteiger partial charge in [-0.15, -0.1) is 0 Å². The number of nitrogens with two attached hydrogens (primary N) is 1. The first-order chi connectivity index (χ1) is 16.7. The van der Waals surface area contributed by atoms with Crippen LogP contribution in [0.1, 0.15) is 54.2 Å². The second kappa shape index (κ2) is 10.6. The molecule has 4 rings (SSSR count). The van der Waals surface area contributed by atoms with Crippen molar-refractivity contribution in [3.05, 3.63) is 52.7 Å². The molecule has 1 aromatic carbocycles. The smallest absolute Gasteiger partial charge is 0.258 e. The van der Waals surface area contributed by atoms with Crippen molar-refractivity contribution in [2.45, 2.75) is 33.3 Å². The molecule has 0 saturated carbocycles. The Morgan fingerprint density at radius 2 is 2.06 bits per heavy atom. The molecule has 0 amide bonds. The third-order valence-corrected chi connectivity index (χ3v) is 5.65. The van der Waals surface area contributed by atoms with E-state index in [0.29, 0.717) is 40.3 Å². The molecular weight excluding hydrogens is 449 g/mol. The lowest BCUT2D eigenvalue weighted by Gasteiger charge is -2.24. The highest BCUT2D eigenvalue weighted by molar-refractivity contribution is 5.99. The van der Waals surface area contributed by atoms with Crippen LogP contribution in [0.25, 0.3) is 11.3 Å². The molecule has 0 saturated heterocycles. The molecule has 0 aliphatic carbocycles. The van der Waals surface area contributed by atoms with Gasteiger partial charge in [0, 0.05) is 37.1 Å². The molecule has 0 fully saturated rings. The Bertz CT molecular complexity index is 1280. The molecule has 9 nitrogen and oxygen atoms in total. The number of hydrogen-bond donors (Lipinski definition) is 1. The van der Waals surface area contributed by atoms with E-state index in [1.807, 2.05) is 32.8 Å². The van der Waals surface area contributed by atoms with Crippen molar-refractivity contribution in [2.24, 2.45) is 13.0 Å². The number of Topliss-reactive ketones (excluding diaryl/α,β-unsaturated/α-hetero) is 1. The fraction of sp³-hybridized carbons (Fsp3) is 0.400. The molecule has 3 aromatic rings. The quantitative estimate of drug-likeness (QED) is 0.592. The number of carbonyl (C=O) groups excluding carboxylic acids is 1. The van der Waals surface area contributed by atoms with Crippen molar-refractivity contribution in [1.82, 2.24) is 24.6 Å². The summed E-state index contributed by atoms with van der Waals surface area (Å²) in [5, 5.41) is 14.3. The van der Waals surface area contributed by atoms with Crippen molar-refractivity contribution in [3.63, 3.8) is 0 Å². The van der Waals surface area contributed by atoms with E-state index in [-0.39, 0.29) is 23.9 Å². The van der Waals surface area contributed by atoms with E-state index >= 15 is 0 Å². The SMILES string of the molecule is CC.CC1Oc2nc(cnc2N)-c2c(nn(C)c2C#N)CC(CN(C)C)C(=O)c2ccc(F)cc21. The van der Waals surface area contributed by atoms with Crippen molar-refractivity contribution in [3.8, 4) is 23.2 Å². The Morgan fingerprint density at radius 1 is 1.34 bits per heavy atom. The molecular formula is C25H30FN7O2. The van der Waals surface area contributed by atoms with Gasteiger partial charge in [-0.25, -0.2) is 14.4 Å². The lowest BCUT2D eigenvalue weighted by Crippen LogP contribution is -2.31. The molecule has 10 heteroatoms. The standard InChI is InChI=1S/C23H24FN7O2.C2H6/c1-12-16-8-14(24)5-6-15(16)21(32)13(11-30(2)3)7-17-20(19(9-25)31(4)29-17)18-10-27-22(26)23(28-18)33-12;1-2/h5-6,8,10,12-13H,7,11H2,1-4H3,(H2,26,27);1-2H3. The van der Waals surface area contributed by atoms with E-state index in [2.05, 4.69) is 21.1 Å². The Hall–Kier alpha value is -3.84. The second-order valence-corrected chi connectivity index (χ2v) is 8.37. The number of rotatable bonds is 2. The number of ketones is 1. The molecule has 2 bridgehead atoms. The van der Waals surface area contributed by atoms with Crippen molar-refractivity contribution < 1.29 is 13.9 Å². The first-order valence-electron chi connectivity index (χ1n) is 11.4. The minimum absolute atomic E-state index is 0.0340. The molecule has 0 radical (unpaired) electrons. The molecule has 1 aliphatic heterocycles. The number of carbonyl (C=O) groups is 1. The third-order valence-electron chi connectivity index (χ3n) is 5.65. The van der Waals surface area contributed by atoms with Gasteiger partial charge in [-0.1, -0.05) is 13.8 Å². The van der Waals surface area contributed by atoms with Gasteiger partial charge in [-0.2, -0.15) is 10.4 Å². The van der Waals surface area contributed by atoms with Crippen LogP contribution in [0.2, 0.25) is 0 Å². The van der Waals surface area contributed by atoms with E-state index in [4.69, 9.17) is 10.5 Å². The number of benzene rings is 1. The Kier molecular flexibility index (Phi) is 7.82. The van der Waals surface area contributed by atoms with Gasteiger partial charge in [0.25, 0.3) is 5.88 Å². The Balaban J connectivity index is 0.00000167. The maximum Gasteiger partial charge on any atom is 0.258 e. The van der Waals surface area contributed by atoms with Crippen LogP contribution in [-0.2, 0) is 13.5 Å². The van der Waals surface area contributed by atoms with Crippen LogP contribution in [0, 0.1) is 23.1 Å². The highest BCUT2D eigenvalue weighted by Gasteiger charge is 2.31. The zero-order valence-electron chi connectivity index (χ0n) is 20.8. The number of aryl methyl sites for hydroxylation is 1. The van der Waals surface area contributed by atoms with E-state index in [1.54, 1.807) is 14.0 Å². The lowest BCUT2D eigenvalue weighted by atomic mass is 9.87. The van der Waals surface area contributed by atoms with E-state index in [1.165, 1.54) is 29.1 Å². The number of ether oxygens (including phenoxy) is 1. The molecule has 3 heterocycles. The molecule has 2 N–H and O–H groups in total. The summed E-state index contributed by atoms with van der Waals surface area (Å²) in [6.07, 6.45) is 0.987. The van der Waals surface area contributed by atoms with Crippen LogP contribution in [0.4, 0.5) is 10.2 Å². The molecule has 2 atom stereocenters. The first kappa shape index (κ1) is 25.8. The van der Waals surface area contributed by atoms with Gasteiger partial charge in [0.1, 0.15) is 23.7 Å². The molecule has 2 aromatic heterocycles. The van der Waals surface area contributed by atoms with Crippen LogP contribution in [0.15, 0.2) is 24.4 Å². The van der Waals surface area contributed by atoms with E-state index in [0.717, 1.165) is 0 Å². The van der Waals surface area contributed by atoms with Crippen LogP contribution in [-0.4, -0.2) is 51.1 Å². The largest absolute Gasteiger partial charge is 0.467 e. The predicted molar refractivity (Wildman–Crippen MR) is 130 cm³/mol. The molecule has 2 unspecified atom stereocenters. The highest BCUT2D eigenvalue weighted by atomic mass is 19.1. The van der Waals surface area contributed by atoms with Crippen molar-refractivity contribution in [2.75, 3.05) is 26.4 Å². The number of halogens is 1. The van der Waals surface area contributed by atoms with Gasteiger partial charge in [-0.3, -0.25) is 9.48 Å². The number of aromatic nitrogens is 4. The Labute approximate surface area is 204 Å². The topological polar surface area (TPSA) is 123 Å². The monoisotopic (exact) mass is 479 g/mol. The summed E-state index contributed by atoms with van der Waals surface area (Å²) in [5.74, 6) is -1.07. The summed E-state index contributed by atoms with van der Waals surface area (Å²) in [5.41, 5.74) is 8.43. The van der Waals surface area contributed by atoms with Crippen LogP contribution >= 0.6 is 0 Å². The van der Waals surface area contributed by atoms with Crippen molar-refractivity contribution >= 4 is 11.6 Å². The minimum atomic E-state index is -0.727. The number of nitriles is 1. The summed E-state index contributed by atoms with van der Waals surface area (Å²) in [4.78, 5) is 24.4. The summed E-state index contributed by atoms with van der Waals surface area (Å²) < 4.78 is 21.6. The predicted octanol–water partition coefficient (Wildman–Crippen LogP) is 3.55. The Morgan fingerprint density at radius 3 is 2.71 bits per heavy atom. The number of nitrogen functional groups attached to an aromatic ring is 1. The molecule has 35 heavy (non-hydrogen) atoms. The van der Waals surface area contributed by atoms with Gasteiger partial charge in [0.2, 0.25) is 0 Å². The summed E-state index contributed by atoms with van der Waals surface area (Å²) in [6.45, 7) is 6.13. The normalized spacial score (nSPS) is 17.1. The summed E-state index contributed by atoms with van der Waals surface area (Å²) in [6, 6.07) is 6.20. The zero-order chi connectivity index (χ0) is 25.9. The summed E-state index contributed by atoms with van der Waals surface area (Å²) in [7, 11) is 5.41. The van der Waals surface area contributed by atoms with Gasteiger partial charge < -0.3 is 15.4 Å². The highest BCUT2D eigenvalue weighted by Crippen LogP contribution is 2.34. The maximum absolute atomic E-state index is 14.2. The number of nitrogens with zero attached hydrogens (tertiary/aromatic N) is 6. The zero-order valence-corrected chi connectivity index (χ0v) is 20.8. The van der Waals surface area contributed by atoms with Gasteiger partial charge in [-0.05, 0) is 39.2 Å². The second-order valence-electron chi connectivity index (χ2n) is 8.37. The van der Waals surface area contributed by atoms with Crippen LogP contribution < -0.4 is 10.5 Å². The molecule has 0 spiro atoms. The number of hydrogen-bond acceptors (Lipinski definition) is 8. The summed E-state index contributed by atoms with van der Waals surface area (Å²) >= 11 is 0. The van der Waals surface area contributed by atoms with Crippen LogP contribution in [0.5, 0.6) is 5.88 Å². The van der Waals surface area contributed by atoms with Gasteiger partial charge in [0.15, 0.2) is 11.6 Å². The van der Waals surface area contributed by atoms with E-state index < -0.39 is 17.8 Å². The first-order valence-corrected chi connectivity index (χ1v) is 11.4. The lowest BCUT2D eigenvalue weighted by molar-refractivity contribution is 0.0890. The number of fused-ring (bicyclic) bond motifs is 5. The fourth-order valence-corrected chi connectivity index (χ4v) is 4.17. The van der Waals surface area contributed by atoms with Crippen LogP contribution in [0.3, 0.4) is 0 Å². The average molecular weight is 480 g/mol. The molecule has 184 valence electrons. The van der Waals surface area contributed by atoms with Crippen molar-refractivity contribution in [1.29, 1.82) is 5.26 Å². The minimum Gasteiger partial charge on any atom is -0.467 e. The average Bonchev–Trinajstić information content (AvgIpc) is 3.14. The van der Waals surface area contributed by atoms with Gasteiger partial charge in [0.05, 0.1) is 23.1 Å². The maximum atomic E-state index is 14.2.